The Morgan fingerprint density at radius 2 is 1.95 bits per heavy atom. The first-order valence-electron chi connectivity index (χ1n) is 5.95. The smallest absolute Gasteiger partial charge is 0.141 e. The Kier molecular flexibility index (Phi) is 4.48. The number of hydrogen-bond donors (Lipinski definition) is 1. The molecule has 4 heteroatoms. The highest BCUT2D eigenvalue weighted by Crippen LogP contribution is 2.26. The first-order chi connectivity index (χ1) is 8.97. The summed E-state index contributed by atoms with van der Waals surface area (Å²) in [5, 5.41) is 3.55. The Morgan fingerprint density at radius 3 is 2.58 bits per heavy atom. The molecule has 0 aliphatic carbocycles. The minimum atomic E-state index is -0.391. The van der Waals surface area contributed by atoms with Gasteiger partial charge in [0.25, 0.3) is 0 Å². The average molecular weight is 343 g/mol. The van der Waals surface area contributed by atoms with Crippen molar-refractivity contribution in [2.75, 3.05) is 5.32 Å². The van der Waals surface area contributed by atoms with Crippen LogP contribution in [0.3, 0.4) is 0 Å². The highest BCUT2D eigenvalue weighted by molar-refractivity contribution is 9.10. The molecule has 1 nitrogen and oxygen atoms in total. The maximum Gasteiger partial charge on any atom is 0.141 e. The van der Waals surface area contributed by atoms with Gasteiger partial charge in [0.15, 0.2) is 0 Å². The molecular weight excluding hydrogens is 329 g/mol. The van der Waals surface area contributed by atoms with E-state index in [2.05, 4.69) is 21.2 Å². The molecule has 1 unspecified atom stereocenters. The number of aryl methyl sites for hydroxylation is 1. The molecule has 19 heavy (non-hydrogen) atoms. The van der Waals surface area contributed by atoms with Gasteiger partial charge in [-0.25, -0.2) is 4.39 Å². The van der Waals surface area contributed by atoms with Crippen LogP contribution in [0.15, 0.2) is 40.9 Å². The zero-order chi connectivity index (χ0) is 14.0. The number of benzene rings is 2. The second-order valence-electron chi connectivity index (χ2n) is 4.50. The standard InChI is InChI=1S/C15H14BrClFN/c1-9-7-12(16)4-6-15(9)19-10(2)11-3-5-14(18)13(17)8-11/h3-8,10,19H,1-2H3. The minimum absolute atomic E-state index is 0.0537. The van der Waals surface area contributed by atoms with Crippen LogP contribution in [0.5, 0.6) is 0 Å². The highest BCUT2D eigenvalue weighted by Gasteiger charge is 2.09. The van der Waals surface area contributed by atoms with Crippen molar-refractivity contribution in [1.29, 1.82) is 0 Å². The fourth-order valence-electron chi connectivity index (χ4n) is 1.89. The molecule has 0 radical (unpaired) electrons. The van der Waals surface area contributed by atoms with Crippen molar-refractivity contribution < 1.29 is 4.39 Å². The van der Waals surface area contributed by atoms with E-state index in [1.165, 1.54) is 6.07 Å². The molecule has 2 aromatic carbocycles. The maximum atomic E-state index is 13.1. The summed E-state index contributed by atoms with van der Waals surface area (Å²) >= 11 is 9.24. The third-order valence-electron chi connectivity index (χ3n) is 3.00. The molecule has 0 saturated carbocycles. The Bertz CT molecular complexity index is 601. The van der Waals surface area contributed by atoms with E-state index >= 15 is 0 Å². The quantitative estimate of drug-likeness (QED) is 0.752. The average Bonchev–Trinajstić information content (AvgIpc) is 2.36. The van der Waals surface area contributed by atoms with Crippen LogP contribution in [-0.4, -0.2) is 0 Å². The van der Waals surface area contributed by atoms with Gasteiger partial charge >= 0.3 is 0 Å². The molecule has 1 N–H and O–H groups in total. The van der Waals surface area contributed by atoms with Gasteiger partial charge in [-0.15, -0.1) is 0 Å². The lowest BCUT2D eigenvalue weighted by Crippen LogP contribution is -2.07. The number of anilines is 1. The summed E-state index contributed by atoms with van der Waals surface area (Å²) in [4.78, 5) is 0. The fraction of sp³-hybridized carbons (Fsp3) is 0.200. The molecule has 100 valence electrons. The Morgan fingerprint density at radius 1 is 1.21 bits per heavy atom. The van der Waals surface area contributed by atoms with Gasteiger partial charge in [-0.05, 0) is 55.3 Å². The molecule has 0 heterocycles. The number of hydrogen-bond acceptors (Lipinski definition) is 1. The molecule has 0 fully saturated rings. The number of nitrogens with one attached hydrogen (secondary N) is 1. The third kappa shape index (κ3) is 3.48. The topological polar surface area (TPSA) is 12.0 Å². The van der Waals surface area contributed by atoms with Gasteiger partial charge in [0, 0.05) is 16.2 Å². The predicted octanol–water partition coefficient (Wildman–Crippen LogP) is 5.72. The van der Waals surface area contributed by atoms with Crippen LogP contribution in [0.1, 0.15) is 24.1 Å². The van der Waals surface area contributed by atoms with Crippen LogP contribution >= 0.6 is 27.5 Å². The van der Waals surface area contributed by atoms with Crippen LogP contribution < -0.4 is 5.32 Å². The van der Waals surface area contributed by atoms with Crippen molar-refractivity contribution in [2.45, 2.75) is 19.9 Å². The van der Waals surface area contributed by atoms with Gasteiger partial charge in [-0.3, -0.25) is 0 Å². The molecule has 2 rings (SSSR count). The summed E-state index contributed by atoms with van der Waals surface area (Å²) in [7, 11) is 0. The number of rotatable bonds is 3. The molecular formula is C15H14BrClFN. The van der Waals surface area contributed by atoms with Crippen molar-refractivity contribution in [2.24, 2.45) is 0 Å². The summed E-state index contributed by atoms with van der Waals surface area (Å²) in [5.41, 5.74) is 3.15. The van der Waals surface area contributed by atoms with Gasteiger partial charge in [0.2, 0.25) is 0 Å². The summed E-state index contributed by atoms with van der Waals surface area (Å²) < 4.78 is 14.2. The van der Waals surface area contributed by atoms with E-state index < -0.39 is 5.82 Å². The van der Waals surface area contributed by atoms with Crippen LogP contribution in [0.4, 0.5) is 10.1 Å². The van der Waals surface area contributed by atoms with Crippen LogP contribution in [-0.2, 0) is 0 Å². The first kappa shape index (κ1) is 14.4. The van der Waals surface area contributed by atoms with Crippen LogP contribution in [0.25, 0.3) is 0 Å². The van der Waals surface area contributed by atoms with Crippen molar-refractivity contribution in [1.82, 2.24) is 0 Å². The van der Waals surface area contributed by atoms with E-state index in [4.69, 9.17) is 11.6 Å². The van der Waals surface area contributed by atoms with Crippen molar-refractivity contribution in [3.8, 4) is 0 Å². The molecule has 0 aliphatic heterocycles. The van der Waals surface area contributed by atoms with Crippen LogP contribution in [0, 0.1) is 12.7 Å². The first-order valence-corrected chi connectivity index (χ1v) is 7.12. The van der Waals surface area contributed by atoms with E-state index in [-0.39, 0.29) is 11.1 Å². The molecule has 0 saturated heterocycles. The van der Waals surface area contributed by atoms with Crippen molar-refractivity contribution in [3.63, 3.8) is 0 Å². The van der Waals surface area contributed by atoms with Crippen LogP contribution in [0.2, 0.25) is 5.02 Å². The van der Waals surface area contributed by atoms with Gasteiger partial charge in [-0.2, -0.15) is 0 Å². The lowest BCUT2D eigenvalue weighted by Gasteiger charge is -2.18. The van der Waals surface area contributed by atoms with Crippen molar-refractivity contribution in [3.05, 3.63) is 62.8 Å². The van der Waals surface area contributed by atoms with Crippen molar-refractivity contribution >= 4 is 33.2 Å². The summed E-state index contributed by atoms with van der Waals surface area (Å²) in [6.07, 6.45) is 0. The molecule has 0 aliphatic rings. The fourth-order valence-corrected chi connectivity index (χ4v) is 2.55. The monoisotopic (exact) mass is 341 g/mol. The second kappa shape index (κ2) is 5.93. The zero-order valence-corrected chi connectivity index (χ0v) is 13.0. The lowest BCUT2D eigenvalue weighted by atomic mass is 10.1. The Balaban J connectivity index is 2.20. The van der Waals surface area contributed by atoms with E-state index in [1.807, 2.05) is 32.0 Å². The number of halogens is 3. The minimum Gasteiger partial charge on any atom is -0.378 e. The summed E-state index contributed by atoms with van der Waals surface area (Å²) in [6.45, 7) is 4.06. The van der Waals surface area contributed by atoms with E-state index in [1.54, 1.807) is 12.1 Å². The van der Waals surface area contributed by atoms with E-state index in [9.17, 15) is 4.39 Å². The molecule has 0 amide bonds. The Hall–Kier alpha value is -1.06. The van der Waals surface area contributed by atoms with E-state index in [0.29, 0.717) is 0 Å². The lowest BCUT2D eigenvalue weighted by molar-refractivity contribution is 0.627. The summed E-state index contributed by atoms with van der Waals surface area (Å²) in [6, 6.07) is 10.9. The largest absolute Gasteiger partial charge is 0.378 e. The zero-order valence-electron chi connectivity index (χ0n) is 10.7. The van der Waals surface area contributed by atoms with E-state index in [0.717, 1.165) is 21.3 Å². The normalized spacial score (nSPS) is 12.3. The van der Waals surface area contributed by atoms with Gasteiger partial charge in [-0.1, -0.05) is 33.6 Å². The second-order valence-corrected chi connectivity index (χ2v) is 5.82. The molecule has 0 bridgehead atoms. The molecule has 0 aromatic heterocycles. The summed E-state index contributed by atoms with van der Waals surface area (Å²) in [5.74, 6) is -0.391. The third-order valence-corrected chi connectivity index (χ3v) is 3.79. The predicted molar refractivity (Wildman–Crippen MR) is 82.3 cm³/mol. The molecule has 2 aromatic rings. The van der Waals surface area contributed by atoms with Gasteiger partial charge in [0.1, 0.15) is 5.82 Å². The Labute approximate surface area is 125 Å². The molecule has 0 spiro atoms. The van der Waals surface area contributed by atoms with Gasteiger partial charge in [0.05, 0.1) is 5.02 Å². The highest BCUT2D eigenvalue weighted by atomic mass is 79.9. The van der Waals surface area contributed by atoms with Gasteiger partial charge < -0.3 is 5.32 Å². The SMILES string of the molecule is Cc1cc(Br)ccc1NC(C)c1ccc(F)c(Cl)c1. The maximum absolute atomic E-state index is 13.1. The molecule has 1 atom stereocenters.